The summed E-state index contributed by atoms with van der Waals surface area (Å²) in [6.45, 7) is 7.19. The molecular formula is C18H26N2O5. The minimum Gasteiger partial charge on any atom is -0.467 e. The molecule has 0 saturated carbocycles. The van der Waals surface area contributed by atoms with Crippen LogP contribution < -0.4 is 0 Å². The van der Waals surface area contributed by atoms with Crippen LogP contribution in [0.3, 0.4) is 0 Å². The first-order valence-electron chi connectivity index (χ1n) is 8.47. The van der Waals surface area contributed by atoms with E-state index in [1.54, 1.807) is 25.7 Å². The molecule has 2 aliphatic heterocycles. The van der Waals surface area contributed by atoms with Crippen LogP contribution in [0, 0.1) is 5.92 Å². The summed E-state index contributed by atoms with van der Waals surface area (Å²) in [5.41, 5.74) is 0.389. The maximum absolute atomic E-state index is 12.9. The highest BCUT2D eigenvalue weighted by molar-refractivity contribution is 5.99. The molecule has 0 aromatic rings. The minimum atomic E-state index is -0.728. The first kappa shape index (κ1) is 19.1. The van der Waals surface area contributed by atoms with Gasteiger partial charge in [0.15, 0.2) is 0 Å². The molecule has 25 heavy (non-hydrogen) atoms. The Morgan fingerprint density at radius 1 is 1.32 bits per heavy atom. The lowest BCUT2D eigenvalue weighted by molar-refractivity contribution is -0.152. The Morgan fingerprint density at radius 3 is 2.60 bits per heavy atom. The number of fused-ring (bicyclic) bond motifs is 1. The Kier molecular flexibility index (Phi) is 5.65. The molecule has 0 aromatic carbocycles. The highest BCUT2D eigenvalue weighted by atomic mass is 16.6. The van der Waals surface area contributed by atoms with Gasteiger partial charge in [0.25, 0.3) is 0 Å². The summed E-state index contributed by atoms with van der Waals surface area (Å²) in [6.07, 6.45) is 4.38. The number of methoxy groups -OCH3 is 1. The number of nitrogens with zero attached hydrogens (tertiary/aromatic N) is 2. The molecule has 1 saturated heterocycles. The predicted molar refractivity (Wildman–Crippen MR) is 92.3 cm³/mol. The lowest BCUT2D eigenvalue weighted by atomic mass is 10.00. The Bertz CT molecular complexity index is 617. The molecule has 0 aliphatic carbocycles. The number of carbonyl (C=O) groups is 3. The molecule has 7 heteroatoms. The largest absolute Gasteiger partial charge is 0.467 e. The van der Waals surface area contributed by atoms with Crippen molar-refractivity contribution in [2.24, 2.45) is 10.9 Å². The van der Waals surface area contributed by atoms with Crippen molar-refractivity contribution in [1.82, 2.24) is 4.90 Å². The number of amides is 2. The molecular weight excluding hydrogens is 324 g/mol. The lowest BCUT2D eigenvalue weighted by Gasteiger charge is -2.28. The van der Waals surface area contributed by atoms with E-state index in [4.69, 9.17) is 9.47 Å². The van der Waals surface area contributed by atoms with Gasteiger partial charge in [-0.3, -0.25) is 4.79 Å². The van der Waals surface area contributed by atoms with Crippen LogP contribution in [0.4, 0.5) is 4.79 Å². The van der Waals surface area contributed by atoms with Crippen molar-refractivity contribution in [3.8, 4) is 0 Å². The van der Waals surface area contributed by atoms with Crippen LogP contribution in [0.5, 0.6) is 0 Å². The summed E-state index contributed by atoms with van der Waals surface area (Å²) in [5.74, 6) is -1.22. The number of hydrogen-bond donors (Lipinski definition) is 0. The molecule has 0 N–H and O–H groups in total. The minimum absolute atomic E-state index is 0.114. The fourth-order valence-corrected chi connectivity index (χ4v) is 3.26. The van der Waals surface area contributed by atoms with E-state index in [0.29, 0.717) is 12.8 Å². The number of esters is 1. The summed E-state index contributed by atoms with van der Waals surface area (Å²) in [7, 11) is 1.32. The van der Waals surface area contributed by atoms with Crippen LogP contribution in [0.1, 0.15) is 47.0 Å². The van der Waals surface area contributed by atoms with E-state index in [9.17, 15) is 14.4 Å². The Hall–Kier alpha value is -2.18. The molecule has 1 unspecified atom stereocenters. The molecule has 0 spiro atoms. The summed E-state index contributed by atoms with van der Waals surface area (Å²) in [5, 5.41) is 0. The number of hydrogen-bond acceptors (Lipinski definition) is 5. The van der Waals surface area contributed by atoms with Gasteiger partial charge in [-0.1, -0.05) is 11.6 Å². The second-order valence-electron chi connectivity index (χ2n) is 7.51. The molecule has 1 fully saturated rings. The maximum Gasteiger partial charge on any atom is 0.433 e. The topological polar surface area (TPSA) is 85.3 Å². The fraction of sp³-hybridized carbons (Fsp3) is 0.667. The summed E-state index contributed by atoms with van der Waals surface area (Å²) < 4.78 is 9.96. The Morgan fingerprint density at radius 2 is 2.00 bits per heavy atom. The molecule has 7 nitrogen and oxygen atoms in total. The standard InChI is InChI=1S/C18H26N2O5/c1-11-8-12(10-19-17(23)25-18(2,3)4)15(21)20-13(9-11)6-7-14(20)16(22)24-5/h9-10,12-14H,6-8H2,1-5H3/b19-10+/t12?,13-,14+/m1/s1. The first-order valence-corrected chi connectivity index (χ1v) is 8.47. The van der Waals surface area contributed by atoms with Gasteiger partial charge < -0.3 is 14.4 Å². The Balaban J connectivity index is 2.19. The van der Waals surface area contributed by atoms with Crippen LogP contribution in [0.2, 0.25) is 0 Å². The average Bonchev–Trinajstić information content (AvgIpc) is 2.86. The van der Waals surface area contributed by atoms with E-state index in [0.717, 1.165) is 12.0 Å². The third-order valence-electron chi connectivity index (χ3n) is 4.25. The third kappa shape index (κ3) is 4.67. The molecule has 2 amide bonds. The molecule has 0 radical (unpaired) electrons. The first-order chi connectivity index (χ1) is 11.6. The van der Waals surface area contributed by atoms with E-state index in [1.807, 2.05) is 13.0 Å². The SMILES string of the molecule is COC(=O)[C@@H]1CC[C@@H]2C=C(C)CC(/C=N/C(=O)OC(C)(C)C)C(=O)N21. The quantitative estimate of drug-likeness (QED) is 0.434. The highest BCUT2D eigenvalue weighted by Crippen LogP contribution is 2.32. The molecule has 0 aromatic heterocycles. The monoisotopic (exact) mass is 350 g/mol. The Labute approximate surface area is 148 Å². The van der Waals surface area contributed by atoms with E-state index in [1.165, 1.54) is 13.3 Å². The molecule has 138 valence electrons. The van der Waals surface area contributed by atoms with Crippen molar-refractivity contribution >= 4 is 24.2 Å². The van der Waals surface area contributed by atoms with Gasteiger partial charge in [0.05, 0.1) is 19.1 Å². The second-order valence-corrected chi connectivity index (χ2v) is 7.51. The van der Waals surface area contributed by atoms with Gasteiger partial charge in [0.2, 0.25) is 5.91 Å². The summed E-state index contributed by atoms with van der Waals surface area (Å²) in [6, 6.07) is -0.696. The van der Waals surface area contributed by atoms with Gasteiger partial charge in [0, 0.05) is 6.21 Å². The summed E-state index contributed by atoms with van der Waals surface area (Å²) >= 11 is 0. The summed E-state index contributed by atoms with van der Waals surface area (Å²) in [4.78, 5) is 42.1. The van der Waals surface area contributed by atoms with E-state index in [2.05, 4.69) is 4.99 Å². The van der Waals surface area contributed by atoms with Gasteiger partial charge in [-0.05, 0) is 47.0 Å². The van der Waals surface area contributed by atoms with Crippen molar-refractivity contribution in [3.63, 3.8) is 0 Å². The van der Waals surface area contributed by atoms with Crippen LogP contribution in [-0.2, 0) is 19.1 Å². The second kappa shape index (κ2) is 7.37. The molecule has 3 atom stereocenters. The van der Waals surface area contributed by atoms with Crippen LogP contribution in [0.25, 0.3) is 0 Å². The fourth-order valence-electron chi connectivity index (χ4n) is 3.26. The zero-order valence-corrected chi connectivity index (χ0v) is 15.4. The maximum atomic E-state index is 12.9. The lowest BCUT2D eigenvalue weighted by Crippen LogP contribution is -2.47. The van der Waals surface area contributed by atoms with Gasteiger partial charge in [0.1, 0.15) is 11.6 Å². The highest BCUT2D eigenvalue weighted by Gasteiger charge is 2.44. The van der Waals surface area contributed by atoms with E-state index < -0.39 is 29.6 Å². The van der Waals surface area contributed by atoms with Gasteiger partial charge in [-0.15, -0.1) is 0 Å². The van der Waals surface area contributed by atoms with Crippen molar-refractivity contribution in [2.45, 2.75) is 64.6 Å². The number of ether oxygens (including phenoxy) is 2. The van der Waals surface area contributed by atoms with Gasteiger partial charge in [-0.25, -0.2) is 9.59 Å². The smallest absolute Gasteiger partial charge is 0.433 e. The van der Waals surface area contributed by atoms with Crippen molar-refractivity contribution in [1.29, 1.82) is 0 Å². The van der Waals surface area contributed by atoms with Crippen molar-refractivity contribution < 1.29 is 23.9 Å². The normalized spacial score (nSPS) is 26.9. The van der Waals surface area contributed by atoms with Crippen molar-refractivity contribution in [3.05, 3.63) is 11.6 Å². The zero-order chi connectivity index (χ0) is 18.8. The molecule has 2 aliphatic rings. The number of carbonyl (C=O) groups excluding carboxylic acids is 3. The van der Waals surface area contributed by atoms with Gasteiger partial charge in [-0.2, -0.15) is 4.99 Å². The van der Waals surface area contributed by atoms with Crippen LogP contribution in [0.15, 0.2) is 16.6 Å². The van der Waals surface area contributed by atoms with E-state index in [-0.39, 0.29) is 11.9 Å². The molecule has 2 heterocycles. The van der Waals surface area contributed by atoms with Crippen molar-refractivity contribution in [2.75, 3.05) is 7.11 Å². The third-order valence-corrected chi connectivity index (χ3v) is 4.25. The van der Waals surface area contributed by atoms with Crippen LogP contribution >= 0.6 is 0 Å². The number of aliphatic imine (C=N–C) groups is 1. The average molecular weight is 350 g/mol. The number of rotatable bonds is 2. The zero-order valence-electron chi connectivity index (χ0n) is 15.4. The number of allylic oxidation sites excluding steroid dienone is 1. The molecule has 0 bridgehead atoms. The van der Waals surface area contributed by atoms with Crippen LogP contribution in [-0.4, -0.2) is 53.9 Å². The van der Waals surface area contributed by atoms with E-state index >= 15 is 0 Å². The predicted octanol–water partition coefficient (Wildman–Crippen LogP) is 2.49. The van der Waals surface area contributed by atoms with Gasteiger partial charge >= 0.3 is 12.1 Å². The molecule has 2 rings (SSSR count).